The number of hydrogen-bond donors (Lipinski definition) is 1. The Bertz CT molecular complexity index is 337. The van der Waals surface area contributed by atoms with Gasteiger partial charge in [-0.1, -0.05) is 17.7 Å². The third kappa shape index (κ3) is 3.22. The predicted molar refractivity (Wildman–Crippen MR) is 68.1 cm³/mol. The molecule has 0 spiro atoms. The SMILES string of the molecule is COc1ccc(C)cc1C(CN)CN(C)C. The maximum absolute atomic E-state index is 5.84. The van der Waals surface area contributed by atoms with E-state index in [4.69, 9.17) is 10.5 Å². The molecule has 0 saturated carbocycles. The van der Waals surface area contributed by atoms with Gasteiger partial charge >= 0.3 is 0 Å². The number of nitrogens with zero attached hydrogens (tertiary/aromatic N) is 1. The minimum atomic E-state index is 0.324. The van der Waals surface area contributed by atoms with Gasteiger partial charge in [0.15, 0.2) is 0 Å². The molecule has 3 nitrogen and oxygen atoms in total. The van der Waals surface area contributed by atoms with E-state index in [1.165, 1.54) is 11.1 Å². The van der Waals surface area contributed by atoms with Crippen LogP contribution in [0.3, 0.4) is 0 Å². The van der Waals surface area contributed by atoms with Crippen molar-refractivity contribution in [1.82, 2.24) is 4.90 Å². The maximum atomic E-state index is 5.84. The van der Waals surface area contributed by atoms with E-state index >= 15 is 0 Å². The Hall–Kier alpha value is -1.06. The number of rotatable bonds is 5. The fourth-order valence-electron chi connectivity index (χ4n) is 1.91. The third-order valence-electron chi connectivity index (χ3n) is 2.70. The summed E-state index contributed by atoms with van der Waals surface area (Å²) in [5.74, 6) is 1.26. The molecular formula is C13H22N2O. The summed E-state index contributed by atoms with van der Waals surface area (Å²) >= 11 is 0. The fourth-order valence-corrected chi connectivity index (χ4v) is 1.91. The normalized spacial score (nSPS) is 12.9. The van der Waals surface area contributed by atoms with Gasteiger partial charge in [0.05, 0.1) is 7.11 Å². The monoisotopic (exact) mass is 222 g/mol. The molecule has 0 heterocycles. The number of likely N-dealkylation sites (N-methyl/N-ethyl adjacent to an activating group) is 1. The highest BCUT2D eigenvalue weighted by Gasteiger charge is 2.15. The zero-order chi connectivity index (χ0) is 12.1. The van der Waals surface area contributed by atoms with Crippen molar-refractivity contribution in [2.24, 2.45) is 5.73 Å². The van der Waals surface area contributed by atoms with E-state index in [0.29, 0.717) is 12.5 Å². The Morgan fingerprint density at radius 2 is 2.06 bits per heavy atom. The molecule has 0 aromatic heterocycles. The lowest BCUT2D eigenvalue weighted by Gasteiger charge is -2.22. The minimum absolute atomic E-state index is 0.324. The van der Waals surface area contributed by atoms with Crippen molar-refractivity contribution in [2.45, 2.75) is 12.8 Å². The van der Waals surface area contributed by atoms with Crippen LogP contribution in [-0.2, 0) is 0 Å². The van der Waals surface area contributed by atoms with E-state index < -0.39 is 0 Å². The van der Waals surface area contributed by atoms with Gasteiger partial charge in [0, 0.05) is 19.0 Å². The van der Waals surface area contributed by atoms with Crippen LogP contribution in [0.15, 0.2) is 18.2 Å². The summed E-state index contributed by atoms with van der Waals surface area (Å²) in [7, 11) is 5.83. The average Bonchev–Trinajstić information content (AvgIpc) is 2.25. The van der Waals surface area contributed by atoms with Crippen molar-refractivity contribution in [3.63, 3.8) is 0 Å². The van der Waals surface area contributed by atoms with E-state index in [1.54, 1.807) is 7.11 Å². The number of hydrogen-bond acceptors (Lipinski definition) is 3. The van der Waals surface area contributed by atoms with Crippen LogP contribution < -0.4 is 10.5 Å². The van der Waals surface area contributed by atoms with E-state index in [1.807, 2.05) is 6.07 Å². The van der Waals surface area contributed by atoms with Gasteiger partial charge in [-0.25, -0.2) is 0 Å². The van der Waals surface area contributed by atoms with Gasteiger partial charge in [0.2, 0.25) is 0 Å². The quantitative estimate of drug-likeness (QED) is 0.822. The molecule has 0 fully saturated rings. The summed E-state index contributed by atoms with van der Waals surface area (Å²) in [5.41, 5.74) is 8.30. The molecule has 1 aromatic carbocycles. The average molecular weight is 222 g/mol. The lowest BCUT2D eigenvalue weighted by molar-refractivity contribution is 0.361. The molecule has 1 rings (SSSR count). The lowest BCUT2D eigenvalue weighted by atomic mass is 9.96. The number of ether oxygens (including phenoxy) is 1. The molecule has 0 bridgehead atoms. The summed E-state index contributed by atoms with van der Waals surface area (Å²) in [5, 5.41) is 0. The van der Waals surface area contributed by atoms with Crippen molar-refractivity contribution in [3.8, 4) is 5.75 Å². The summed E-state index contributed by atoms with van der Waals surface area (Å²) in [4.78, 5) is 2.15. The molecule has 0 aliphatic carbocycles. The van der Waals surface area contributed by atoms with Crippen molar-refractivity contribution in [2.75, 3.05) is 34.3 Å². The van der Waals surface area contributed by atoms with Gasteiger partial charge in [-0.15, -0.1) is 0 Å². The Labute approximate surface area is 98.2 Å². The summed E-state index contributed by atoms with van der Waals surface area (Å²) < 4.78 is 5.39. The Morgan fingerprint density at radius 1 is 1.38 bits per heavy atom. The molecule has 1 unspecified atom stereocenters. The van der Waals surface area contributed by atoms with Gasteiger partial charge in [-0.2, -0.15) is 0 Å². The van der Waals surface area contributed by atoms with Crippen LogP contribution >= 0.6 is 0 Å². The minimum Gasteiger partial charge on any atom is -0.496 e. The van der Waals surface area contributed by atoms with Crippen LogP contribution in [0.2, 0.25) is 0 Å². The van der Waals surface area contributed by atoms with Gasteiger partial charge in [0.25, 0.3) is 0 Å². The van der Waals surface area contributed by atoms with Crippen LogP contribution in [-0.4, -0.2) is 39.2 Å². The Balaban J connectivity index is 3.02. The first kappa shape index (κ1) is 13.0. The number of nitrogens with two attached hydrogens (primary N) is 1. The molecule has 3 heteroatoms. The highest BCUT2D eigenvalue weighted by molar-refractivity contribution is 5.39. The fraction of sp³-hybridized carbons (Fsp3) is 0.538. The molecule has 0 aliphatic rings. The van der Waals surface area contributed by atoms with E-state index in [-0.39, 0.29) is 0 Å². The van der Waals surface area contributed by atoms with Crippen LogP contribution in [0.4, 0.5) is 0 Å². The molecule has 0 radical (unpaired) electrons. The van der Waals surface area contributed by atoms with E-state index in [9.17, 15) is 0 Å². The highest BCUT2D eigenvalue weighted by Crippen LogP contribution is 2.27. The van der Waals surface area contributed by atoms with Crippen LogP contribution in [0, 0.1) is 6.92 Å². The topological polar surface area (TPSA) is 38.5 Å². The van der Waals surface area contributed by atoms with Crippen LogP contribution in [0.1, 0.15) is 17.0 Å². The van der Waals surface area contributed by atoms with Crippen LogP contribution in [0.5, 0.6) is 5.75 Å². The smallest absolute Gasteiger partial charge is 0.122 e. The molecule has 0 amide bonds. The molecular weight excluding hydrogens is 200 g/mol. The first-order valence-corrected chi connectivity index (χ1v) is 5.57. The lowest BCUT2D eigenvalue weighted by Crippen LogP contribution is -2.26. The molecule has 1 aromatic rings. The van der Waals surface area contributed by atoms with E-state index in [0.717, 1.165) is 12.3 Å². The molecule has 0 aliphatic heterocycles. The van der Waals surface area contributed by atoms with Gasteiger partial charge in [0.1, 0.15) is 5.75 Å². The zero-order valence-electron chi connectivity index (χ0n) is 10.7. The number of benzene rings is 1. The first-order valence-electron chi connectivity index (χ1n) is 5.57. The summed E-state index contributed by atoms with van der Waals surface area (Å²) in [6.45, 7) is 3.67. The zero-order valence-corrected chi connectivity index (χ0v) is 10.7. The molecule has 90 valence electrons. The second-order valence-electron chi connectivity index (χ2n) is 4.44. The van der Waals surface area contributed by atoms with Crippen molar-refractivity contribution in [1.29, 1.82) is 0 Å². The standard InChI is InChI=1S/C13H22N2O/c1-10-5-6-13(16-4)12(7-10)11(8-14)9-15(2)3/h5-7,11H,8-9,14H2,1-4H3. The van der Waals surface area contributed by atoms with Crippen molar-refractivity contribution >= 4 is 0 Å². The third-order valence-corrected chi connectivity index (χ3v) is 2.70. The Kier molecular flexibility index (Phi) is 4.77. The molecule has 2 N–H and O–H groups in total. The van der Waals surface area contributed by atoms with Gasteiger partial charge < -0.3 is 15.4 Å². The van der Waals surface area contributed by atoms with E-state index in [2.05, 4.69) is 38.1 Å². The second-order valence-corrected chi connectivity index (χ2v) is 4.44. The molecule has 16 heavy (non-hydrogen) atoms. The van der Waals surface area contributed by atoms with Gasteiger partial charge in [-0.05, 0) is 32.6 Å². The Morgan fingerprint density at radius 3 is 2.56 bits per heavy atom. The summed E-state index contributed by atoms with van der Waals surface area (Å²) in [6.07, 6.45) is 0. The maximum Gasteiger partial charge on any atom is 0.122 e. The van der Waals surface area contributed by atoms with Crippen LogP contribution in [0.25, 0.3) is 0 Å². The largest absolute Gasteiger partial charge is 0.496 e. The molecule has 1 atom stereocenters. The second kappa shape index (κ2) is 5.87. The first-order chi connectivity index (χ1) is 7.58. The van der Waals surface area contributed by atoms with Gasteiger partial charge in [-0.3, -0.25) is 0 Å². The predicted octanol–water partition coefficient (Wildman–Crippen LogP) is 1.61. The summed E-state index contributed by atoms with van der Waals surface area (Å²) in [6, 6.07) is 6.24. The van der Waals surface area contributed by atoms with Crippen molar-refractivity contribution in [3.05, 3.63) is 29.3 Å². The van der Waals surface area contributed by atoms with Crippen molar-refractivity contribution < 1.29 is 4.74 Å². The number of methoxy groups -OCH3 is 1. The molecule has 0 saturated heterocycles. The highest BCUT2D eigenvalue weighted by atomic mass is 16.5. The number of aryl methyl sites for hydroxylation is 1.